The summed E-state index contributed by atoms with van der Waals surface area (Å²) in [4.78, 5) is 12.4. The molecule has 0 aliphatic heterocycles. The molecule has 1 rings (SSSR count). The summed E-state index contributed by atoms with van der Waals surface area (Å²) < 4.78 is 65.1. The first-order chi connectivity index (χ1) is 23.5. The largest absolute Gasteiger partial charge is 0.424 e. The highest BCUT2D eigenvalue weighted by Gasteiger charge is 2.18. The standard InChI is InChI=1S/C35H62O13/c1-30(2)32-7-6-8-33(31(3)4)35(32)48-34(36)29-47-28-27-46-26-25-45-24-23-44-22-21-43-20-19-42-18-17-41-16-15-40-14-13-39-12-11-38-10-9-37-5/h6-8,30-31H,9-29H2,1-5H3. The summed E-state index contributed by atoms with van der Waals surface area (Å²) in [6.07, 6.45) is 0. The Bertz CT molecular complexity index is 843. The molecule has 0 aromatic heterocycles. The number of carbonyl (C=O) groups excluding carboxylic acids is 1. The maximum Gasteiger partial charge on any atom is 0.337 e. The molecule has 1 aromatic carbocycles. The molecule has 13 heteroatoms. The molecule has 0 N–H and O–H groups in total. The third-order valence-electron chi connectivity index (χ3n) is 6.54. The maximum absolute atomic E-state index is 12.4. The highest BCUT2D eigenvalue weighted by Crippen LogP contribution is 2.34. The first-order valence-corrected chi connectivity index (χ1v) is 17.1. The lowest BCUT2D eigenvalue weighted by Crippen LogP contribution is -2.20. The smallest absolute Gasteiger partial charge is 0.337 e. The summed E-state index contributed by atoms with van der Waals surface area (Å²) in [6, 6.07) is 6.00. The van der Waals surface area contributed by atoms with Crippen LogP contribution in [0.3, 0.4) is 0 Å². The van der Waals surface area contributed by atoms with E-state index in [4.69, 9.17) is 56.8 Å². The molecule has 0 bridgehead atoms. The van der Waals surface area contributed by atoms with E-state index in [9.17, 15) is 4.79 Å². The Balaban J connectivity index is 1.79. The van der Waals surface area contributed by atoms with Crippen molar-refractivity contribution in [2.45, 2.75) is 39.5 Å². The van der Waals surface area contributed by atoms with Gasteiger partial charge >= 0.3 is 5.97 Å². The van der Waals surface area contributed by atoms with Crippen LogP contribution in [0.1, 0.15) is 50.7 Å². The summed E-state index contributed by atoms with van der Waals surface area (Å²) >= 11 is 0. The van der Waals surface area contributed by atoms with E-state index in [0.717, 1.165) is 11.1 Å². The number of methoxy groups -OCH3 is 1. The van der Waals surface area contributed by atoms with Gasteiger partial charge in [0.1, 0.15) is 12.4 Å². The van der Waals surface area contributed by atoms with Crippen LogP contribution in [0.4, 0.5) is 0 Å². The van der Waals surface area contributed by atoms with Crippen molar-refractivity contribution in [3.8, 4) is 5.75 Å². The van der Waals surface area contributed by atoms with E-state index < -0.39 is 5.97 Å². The molecule has 0 heterocycles. The van der Waals surface area contributed by atoms with E-state index in [-0.39, 0.29) is 18.4 Å². The number of hydrogen-bond donors (Lipinski definition) is 0. The minimum Gasteiger partial charge on any atom is -0.424 e. The molecule has 0 aliphatic rings. The monoisotopic (exact) mass is 690 g/mol. The fourth-order valence-corrected chi connectivity index (χ4v) is 4.02. The second kappa shape index (κ2) is 32.5. The Labute approximate surface area is 288 Å². The Kier molecular flexibility index (Phi) is 29.9. The lowest BCUT2D eigenvalue weighted by Gasteiger charge is -2.18. The molecule has 13 nitrogen and oxygen atoms in total. The zero-order chi connectivity index (χ0) is 34.9. The first-order valence-electron chi connectivity index (χ1n) is 17.1. The number of carbonyl (C=O) groups is 1. The predicted molar refractivity (Wildman–Crippen MR) is 180 cm³/mol. The van der Waals surface area contributed by atoms with E-state index >= 15 is 0 Å². The molecule has 0 atom stereocenters. The second-order valence-corrected chi connectivity index (χ2v) is 11.1. The Morgan fingerprint density at radius 1 is 0.458 bits per heavy atom. The SMILES string of the molecule is COCCOCCOCCOCCOCCOCCOCCOCCOCCOCCOCC(=O)Oc1c(C(C)C)cccc1C(C)C. The molecule has 1 aromatic rings. The zero-order valence-electron chi connectivity index (χ0n) is 30.0. The fourth-order valence-electron chi connectivity index (χ4n) is 4.02. The van der Waals surface area contributed by atoms with Crippen LogP contribution in [0, 0.1) is 0 Å². The van der Waals surface area contributed by atoms with Crippen molar-refractivity contribution in [1.82, 2.24) is 0 Å². The number of hydrogen-bond acceptors (Lipinski definition) is 13. The van der Waals surface area contributed by atoms with E-state index in [1.54, 1.807) is 7.11 Å². The van der Waals surface area contributed by atoms with Gasteiger partial charge in [0.15, 0.2) is 0 Å². The molecule has 0 amide bonds. The van der Waals surface area contributed by atoms with Crippen molar-refractivity contribution in [2.75, 3.05) is 146 Å². The Morgan fingerprint density at radius 2 is 0.729 bits per heavy atom. The molecule has 0 saturated carbocycles. The van der Waals surface area contributed by atoms with Crippen LogP contribution >= 0.6 is 0 Å². The number of rotatable bonds is 35. The number of para-hydroxylation sites is 1. The van der Waals surface area contributed by atoms with Crippen molar-refractivity contribution < 1.29 is 61.6 Å². The van der Waals surface area contributed by atoms with Crippen molar-refractivity contribution >= 4 is 5.97 Å². The number of ether oxygens (including phenoxy) is 12. The molecular weight excluding hydrogens is 628 g/mol. The van der Waals surface area contributed by atoms with Gasteiger partial charge in [-0.2, -0.15) is 0 Å². The summed E-state index contributed by atoms with van der Waals surface area (Å²) in [5.41, 5.74) is 2.04. The average Bonchev–Trinajstić information content (AvgIpc) is 3.07. The first kappa shape index (κ1) is 44.3. The van der Waals surface area contributed by atoms with E-state index in [1.165, 1.54) is 0 Å². The van der Waals surface area contributed by atoms with Crippen molar-refractivity contribution in [1.29, 1.82) is 0 Å². The molecule has 0 unspecified atom stereocenters. The Hall–Kier alpha value is -1.75. The second-order valence-electron chi connectivity index (χ2n) is 11.1. The highest BCUT2D eigenvalue weighted by atomic mass is 16.6. The van der Waals surface area contributed by atoms with E-state index in [0.29, 0.717) is 138 Å². The highest BCUT2D eigenvalue weighted by molar-refractivity contribution is 5.74. The molecule has 48 heavy (non-hydrogen) atoms. The van der Waals surface area contributed by atoms with E-state index in [1.807, 2.05) is 18.2 Å². The quantitative estimate of drug-likeness (QED) is 0.0585. The average molecular weight is 691 g/mol. The number of benzene rings is 1. The van der Waals surface area contributed by atoms with Crippen molar-refractivity contribution in [3.63, 3.8) is 0 Å². The van der Waals surface area contributed by atoms with Crippen LogP contribution in [-0.2, 0) is 56.9 Å². The van der Waals surface area contributed by atoms with Gasteiger partial charge < -0.3 is 56.8 Å². The third-order valence-corrected chi connectivity index (χ3v) is 6.54. The molecule has 0 radical (unpaired) electrons. The van der Waals surface area contributed by atoms with Crippen LogP contribution in [0.25, 0.3) is 0 Å². The Morgan fingerprint density at radius 3 is 1.00 bits per heavy atom. The van der Waals surface area contributed by atoms with Gasteiger partial charge in [0.2, 0.25) is 0 Å². The normalized spacial score (nSPS) is 11.6. The predicted octanol–water partition coefficient (Wildman–Crippen LogP) is 3.65. The molecular formula is C35H62O13. The molecule has 0 aliphatic carbocycles. The summed E-state index contributed by atoms with van der Waals surface area (Å²) in [5, 5.41) is 0. The summed E-state index contributed by atoms with van der Waals surface area (Å²) in [7, 11) is 1.64. The minimum absolute atomic E-state index is 0.130. The third kappa shape index (κ3) is 25.3. The fraction of sp³-hybridized carbons (Fsp3) is 0.800. The lowest BCUT2D eigenvalue weighted by atomic mass is 9.94. The van der Waals surface area contributed by atoms with Crippen LogP contribution in [-0.4, -0.2) is 152 Å². The van der Waals surface area contributed by atoms with Gasteiger partial charge in [0.25, 0.3) is 0 Å². The van der Waals surface area contributed by atoms with E-state index in [2.05, 4.69) is 27.7 Å². The molecule has 0 saturated heterocycles. The van der Waals surface area contributed by atoms with Crippen LogP contribution in [0.2, 0.25) is 0 Å². The van der Waals surface area contributed by atoms with Gasteiger partial charge in [-0.15, -0.1) is 0 Å². The number of esters is 1. The summed E-state index contributed by atoms with van der Waals surface area (Å²) in [5.74, 6) is 0.727. The van der Waals surface area contributed by atoms with Gasteiger partial charge in [-0.1, -0.05) is 45.9 Å². The zero-order valence-corrected chi connectivity index (χ0v) is 30.0. The van der Waals surface area contributed by atoms with Gasteiger partial charge in [0, 0.05) is 7.11 Å². The van der Waals surface area contributed by atoms with Crippen LogP contribution < -0.4 is 4.74 Å². The van der Waals surface area contributed by atoms with Gasteiger partial charge in [-0.05, 0) is 23.0 Å². The van der Waals surface area contributed by atoms with Crippen LogP contribution in [0.5, 0.6) is 5.75 Å². The van der Waals surface area contributed by atoms with Crippen molar-refractivity contribution in [3.05, 3.63) is 29.3 Å². The van der Waals surface area contributed by atoms with Gasteiger partial charge in [-0.3, -0.25) is 0 Å². The maximum atomic E-state index is 12.4. The van der Waals surface area contributed by atoms with Gasteiger partial charge in [-0.25, -0.2) is 4.79 Å². The lowest BCUT2D eigenvalue weighted by molar-refractivity contribution is -0.140. The molecule has 0 spiro atoms. The molecule has 280 valence electrons. The topological polar surface area (TPSA) is 128 Å². The van der Waals surface area contributed by atoms with Crippen LogP contribution in [0.15, 0.2) is 18.2 Å². The van der Waals surface area contributed by atoms with Crippen molar-refractivity contribution in [2.24, 2.45) is 0 Å². The minimum atomic E-state index is -0.415. The summed E-state index contributed by atoms with van der Waals surface area (Å²) in [6.45, 7) is 18.0. The van der Waals surface area contributed by atoms with Gasteiger partial charge in [0.05, 0.1) is 132 Å². The molecule has 0 fully saturated rings.